The average molecular weight is 394 g/mol. The summed E-state index contributed by atoms with van der Waals surface area (Å²) < 4.78 is 7.00. The molecule has 1 saturated heterocycles. The molecule has 1 unspecified atom stereocenters. The number of carbonyl (C=O) groups is 1. The molecule has 2 aromatic heterocycles. The van der Waals surface area contributed by atoms with Gasteiger partial charge in [-0.2, -0.15) is 5.10 Å². The normalized spacial score (nSPS) is 16.5. The molecule has 3 heterocycles. The van der Waals surface area contributed by atoms with Gasteiger partial charge in [0.2, 0.25) is 5.91 Å². The second kappa shape index (κ2) is 8.57. The molecule has 8 heteroatoms. The first-order chi connectivity index (χ1) is 14.2. The van der Waals surface area contributed by atoms with E-state index in [1.807, 2.05) is 33.8 Å². The molecule has 29 heavy (non-hydrogen) atoms. The number of nitrogens with two attached hydrogens (primary N) is 1. The quantitative estimate of drug-likeness (QED) is 0.655. The van der Waals surface area contributed by atoms with Crippen molar-refractivity contribution in [2.45, 2.75) is 31.7 Å². The van der Waals surface area contributed by atoms with Crippen LogP contribution in [0.3, 0.4) is 0 Å². The van der Waals surface area contributed by atoms with Crippen molar-refractivity contribution in [1.82, 2.24) is 24.6 Å². The Labute approximate surface area is 169 Å². The van der Waals surface area contributed by atoms with Crippen molar-refractivity contribution >= 4 is 17.1 Å². The van der Waals surface area contributed by atoms with Gasteiger partial charge in [0.1, 0.15) is 11.3 Å². The average Bonchev–Trinajstić information content (AvgIpc) is 3.38. The number of ether oxygens (including phenoxy) is 1. The van der Waals surface area contributed by atoms with Gasteiger partial charge in [-0.1, -0.05) is 12.1 Å². The van der Waals surface area contributed by atoms with E-state index < -0.39 is 0 Å². The molecule has 3 aromatic rings. The molecular weight excluding hydrogens is 368 g/mol. The molecule has 1 aliphatic rings. The maximum atomic E-state index is 12.7. The minimum Gasteiger partial charge on any atom is -0.497 e. The first-order valence-corrected chi connectivity index (χ1v) is 9.97. The number of nitrogens with zero attached hydrogens (tertiary/aromatic N) is 5. The van der Waals surface area contributed by atoms with Crippen LogP contribution < -0.4 is 10.5 Å². The summed E-state index contributed by atoms with van der Waals surface area (Å²) in [6.45, 7) is 2.52. The second-order valence-electron chi connectivity index (χ2n) is 7.30. The molecule has 0 aliphatic carbocycles. The summed E-state index contributed by atoms with van der Waals surface area (Å²) in [5, 5.41) is 4.73. The van der Waals surface area contributed by atoms with Crippen molar-refractivity contribution in [1.29, 1.82) is 0 Å². The van der Waals surface area contributed by atoms with Crippen LogP contribution in [0.4, 0.5) is 0 Å². The number of aryl methyl sites for hydroxylation is 1. The van der Waals surface area contributed by atoms with Gasteiger partial charge >= 0.3 is 0 Å². The summed E-state index contributed by atoms with van der Waals surface area (Å²) in [6.07, 6.45) is 5.47. The van der Waals surface area contributed by atoms with Gasteiger partial charge in [-0.25, -0.2) is 14.6 Å². The molecule has 0 radical (unpaired) electrons. The van der Waals surface area contributed by atoms with Crippen molar-refractivity contribution in [2.24, 2.45) is 5.73 Å². The number of aromatic nitrogens is 4. The van der Waals surface area contributed by atoms with Crippen molar-refractivity contribution in [3.8, 4) is 5.75 Å². The third kappa shape index (κ3) is 4.07. The summed E-state index contributed by atoms with van der Waals surface area (Å²) >= 11 is 0. The first kappa shape index (κ1) is 19.3. The minimum absolute atomic E-state index is 0.179. The van der Waals surface area contributed by atoms with E-state index in [0.717, 1.165) is 47.6 Å². The number of methoxy groups -OCH3 is 1. The van der Waals surface area contributed by atoms with Crippen LogP contribution in [0.5, 0.6) is 5.75 Å². The van der Waals surface area contributed by atoms with E-state index in [2.05, 4.69) is 9.97 Å². The fourth-order valence-corrected chi connectivity index (χ4v) is 3.89. The van der Waals surface area contributed by atoms with Gasteiger partial charge in [0, 0.05) is 44.4 Å². The molecule has 1 amide bonds. The summed E-state index contributed by atoms with van der Waals surface area (Å²) in [7, 11) is 1.65. The molecule has 4 rings (SSSR count). The SMILES string of the molecule is COc1ccc(CCC(=O)N2CCC(c3nn(CCN)c4nccnc34)C2)cc1. The maximum absolute atomic E-state index is 12.7. The highest BCUT2D eigenvalue weighted by molar-refractivity contribution is 5.78. The lowest BCUT2D eigenvalue weighted by Crippen LogP contribution is -2.28. The Morgan fingerprint density at radius 3 is 2.79 bits per heavy atom. The lowest BCUT2D eigenvalue weighted by molar-refractivity contribution is -0.130. The van der Waals surface area contributed by atoms with Crippen molar-refractivity contribution in [3.63, 3.8) is 0 Å². The highest BCUT2D eigenvalue weighted by Crippen LogP contribution is 2.30. The summed E-state index contributed by atoms with van der Waals surface area (Å²) in [4.78, 5) is 23.6. The number of hydrogen-bond acceptors (Lipinski definition) is 6. The number of amides is 1. The largest absolute Gasteiger partial charge is 0.497 e. The topological polar surface area (TPSA) is 99.2 Å². The molecule has 8 nitrogen and oxygen atoms in total. The van der Waals surface area contributed by atoms with Crippen LogP contribution in [-0.2, 0) is 17.8 Å². The Balaban J connectivity index is 1.41. The molecule has 1 aromatic carbocycles. The lowest BCUT2D eigenvalue weighted by atomic mass is 10.0. The standard InChI is InChI=1S/C21H26N6O2/c1-29-17-5-2-15(3-6-17)4-7-18(28)26-12-8-16(14-26)19-20-21(24-11-10-23-20)27(25-19)13-9-22/h2-3,5-6,10-11,16H,4,7-9,12-14,22H2,1H3. The molecule has 152 valence electrons. The summed E-state index contributed by atoms with van der Waals surface area (Å²) in [6, 6.07) is 7.87. The predicted molar refractivity (Wildman–Crippen MR) is 110 cm³/mol. The molecule has 1 atom stereocenters. The van der Waals surface area contributed by atoms with E-state index in [9.17, 15) is 4.79 Å². The fraction of sp³-hybridized carbons (Fsp3) is 0.429. The second-order valence-corrected chi connectivity index (χ2v) is 7.30. The number of benzene rings is 1. The van der Waals surface area contributed by atoms with E-state index in [1.165, 1.54) is 0 Å². The fourth-order valence-electron chi connectivity index (χ4n) is 3.89. The van der Waals surface area contributed by atoms with Gasteiger partial charge in [0.05, 0.1) is 19.3 Å². The highest BCUT2D eigenvalue weighted by atomic mass is 16.5. The summed E-state index contributed by atoms with van der Waals surface area (Å²) in [5.74, 6) is 1.19. The molecule has 0 bridgehead atoms. The van der Waals surface area contributed by atoms with Crippen LogP contribution >= 0.6 is 0 Å². The number of likely N-dealkylation sites (tertiary alicyclic amines) is 1. The Morgan fingerprint density at radius 2 is 2.03 bits per heavy atom. The molecule has 1 fully saturated rings. The first-order valence-electron chi connectivity index (χ1n) is 9.97. The van der Waals surface area contributed by atoms with Gasteiger partial charge in [-0.15, -0.1) is 0 Å². The zero-order chi connectivity index (χ0) is 20.2. The van der Waals surface area contributed by atoms with Crippen molar-refractivity contribution in [3.05, 3.63) is 47.9 Å². The van der Waals surface area contributed by atoms with Gasteiger partial charge in [-0.3, -0.25) is 4.79 Å². The Bertz CT molecular complexity index is 985. The van der Waals surface area contributed by atoms with Crippen LogP contribution in [0.2, 0.25) is 0 Å². The zero-order valence-corrected chi connectivity index (χ0v) is 16.6. The van der Waals surface area contributed by atoms with Crippen molar-refractivity contribution < 1.29 is 9.53 Å². The Kier molecular flexibility index (Phi) is 5.71. The van der Waals surface area contributed by atoms with Gasteiger partial charge in [0.15, 0.2) is 5.65 Å². The number of carbonyl (C=O) groups excluding carboxylic acids is 1. The summed E-state index contributed by atoms with van der Waals surface area (Å²) in [5.41, 5.74) is 9.34. The molecular formula is C21H26N6O2. The van der Waals surface area contributed by atoms with E-state index in [0.29, 0.717) is 26.1 Å². The molecule has 2 N–H and O–H groups in total. The van der Waals surface area contributed by atoms with Crippen LogP contribution in [0.1, 0.15) is 30.0 Å². The van der Waals surface area contributed by atoms with E-state index in [1.54, 1.807) is 19.5 Å². The molecule has 1 aliphatic heterocycles. The predicted octanol–water partition coefficient (Wildman–Crippen LogP) is 1.74. The van der Waals surface area contributed by atoms with Gasteiger partial charge < -0.3 is 15.4 Å². The van der Waals surface area contributed by atoms with Crippen LogP contribution in [0.25, 0.3) is 11.2 Å². The zero-order valence-electron chi connectivity index (χ0n) is 16.6. The number of fused-ring (bicyclic) bond motifs is 1. The van der Waals surface area contributed by atoms with Gasteiger partial charge in [0.25, 0.3) is 0 Å². The maximum Gasteiger partial charge on any atom is 0.222 e. The van der Waals surface area contributed by atoms with E-state index in [-0.39, 0.29) is 11.8 Å². The molecule has 0 saturated carbocycles. The van der Waals surface area contributed by atoms with E-state index >= 15 is 0 Å². The monoisotopic (exact) mass is 394 g/mol. The number of hydrogen-bond donors (Lipinski definition) is 1. The highest BCUT2D eigenvalue weighted by Gasteiger charge is 2.31. The molecule has 0 spiro atoms. The van der Waals surface area contributed by atoms with Crippen LogP contribution in [-0.4, -0.2) is 57.3 Å². The third-order valence-electron chi connectivity index (χ3n) is 5.45. The Morgan fingerprint density at radius 1 is 1.24 bits per heavy atom. The Hall–Kier alpha value is -3.00. The van der Waals surface area contributed by atoms with Crippen molar-refractivity contribution in [2.75, 3.05) is 26.7 Å². The van der Waals surface area contributed by atoms with E-state index in [4.69, 9.17) is 15.6 Å². The lowest BCUT2D eigenvalue weighted by Gasteiger charge is -2.16. The van der Waals surface area contributed by atoms with Gasteiger partial charge in [-0.05, 0) is 30.5 Å². The minimum atomic E-state index is 0.179. The van der Waals surface area contributed by atoms with Crippen LogP contribution in [0, 0.1) is 0 Å². The number of rotatable bonds is 7. The van der Waals surface area contributed by atoms with Crippen LogP contribution in [0.15, 0.2) is 36.7 Å². The third-order valence-corrected chi connectivity index (χ3v) is 5.45. The smallest absolute Gasteiger partial charge is 0.222 e.